The van der Waals surface area contributed by atoms with E-state index in [1.54, 1.807) is 19.3 Å². The second-order valence-corrected chi connectivity index (χ2v) is 4.60. The maximum absolute atomic E-state index is 10.7. The van der Waals surface area contributed by atoms with Gasteiger partial charge < -0.3 is 4.90 Å². The van der Waals surface area contributed by atoms with Crippen LogP contribution in [-0.4, -0.2) is 23.2 Å². The van der Waals surface area contributed by atoms with Crippen LogP contribution in [0, 0.1) is 18.3 Å². The molecule has 0 unspecified atom stereocenters. The lowest BCUT2D eigenvalue weighted by atomic mass is 10.1. The molecule has 4 nitrogen and oxygen atoms in total. The van der Waals surface area contributed by atoms with Gasteiger partial charge in [0.2, 0.25) is 0 Å². The molecule has 0 spiro atoms. The second-order valence-electron chi connectivity index (χ2n) is 4.60. The Balaban J connectivity index is 3.22. The third-order valence-electron chi connectivity index (χ3n) is 2.85. The predicted octanol–water partition coefficient (Wildman–Crippen LogP) is 3.05. The van der Waals surface area contributed by atoms with E-state index in [4.69, 9.17) is 5.26 Å². The number of aromatic nitrogens is 1. The molecule has 0 aliphatic heterocycles. The van der Waals surface area contributed by atoms with Gasteiger partial charge in [0, 0.05) is 25.0 Å². The smallest absolute Gasteiger partial charge is 0.147 e. The minimum atomic E-state index is 0.576. The Morgan fingerprint density at radius 2 is 2.25 bits per heavy atom. The SMILES string of the molecule is CC/C=C(/c1cc(C)c(C#N)cn1)N(C)/C=C(\C)C=O. The zero-order valence-corrected chi connectivity index (χ0v) is 12.3. The number of nitriles is 1. The molecule has 0 N–H and O–H groups in total. The standard InChI is InChI=1S/C16H19N3O/c1-5-6-16(19(4)10-12(2)11-20)15-7-13(3)14(8-17)9-18-15/h6-7,9-11H,5H2,1-4H3/b12-10+,16-6-. The first-order valence-corrected chi connectivity index (χ1v) is 6.47. The van der Waals surface area contributed by atoms with Crippen molar-refractivity contribution >= 4 is 12.0 Å². The summed E-state index contributed by atoms with van der Waals surface area (Å²) in [5.41, 5.74) is 3.82. The van der Waals surface area contributed by atoms with Gasteiger partial charge in [0.05, 0.1) is 17.0 Å². The van der Waals surface area contributed by atoms with E-state index in [1.807, 2.05) is 37.9 Å². The molecule has 0 aromatic carbocycles. The summed E-state index contributed by atoms with van der Waals surface area (Å²) in [5.74, 6) is 0. The number of rotatable bonds is 5. The van der Waals surface area contributed by atoms with Gasteiger partial charge in [-0.1, -0.05) is 13.0 Å². The van der Waals surface area contributed by atoms with E-state index in [-0.39, 0.29) is 0 Å². The summed E-state index contributed by atoms with van der Waals surface area (Å²) in [7, 11) is 1.88. The molecule has 1 rings (SSSR count). The van der Waals surface area contributed by atoms with Crippen molar-refractivity contribution in [2.75, 3.05) is 7.05 Å². The molecule has 0 aliphatic carbocycles. The molecular weight excluding hydrogens is 250 g/mol. The lowest BCUT2D eigenvalue weighted by molar-refractivity contribution is -0.104. The van der Waals surface area contributed by atoms with Gasteiger partial charge in [-0.3, -0.25) is 9.78 Å². The Labute approximate surface area is 120 Å². The molecule has 0 atom stereocenters. The van der Waals surface area contributed by atoms with Crippen LogP contribution in [0.1, 0.15) is 37.1 Å². The van der Waals surface area contributed by atoms with Crippen LogP contribution in [0.4, 0.5) is 0 Å². The Bertz CT molecular complexity index is 594. The number of nitrogens with zero attached hydrogens (tertiary/aromatic N) is 3. The molecule has 0 saturated carbocycles. The number of allylic oxidation sites excluding steroid dienone is 2. The topological polar surface area (TPSA) is 57.0 Å². The van der Waals surface area contributed by atoms with Crippen molar-refractivity contribution in [2.24, 2.45) is 0 Å². The highest BCUT2D eigenvalue weighted by Crippen LogP contribution is 2.20. The average Bonchev–Trinajstić information content (AvgIpc) is 2.44. The molecule has 4 heteroatoms. The van der Waals surface area contributed by atoms with Gasteiger partial charge in [-0.15, -0.1) is 0 Å². The molecule has 0 aliphatic rings. The lowest BCUT2D eigenvalue weighted by Gasteiger charge is -2.19. The maximum atomic E-state index is 10.7. The quantitative estimate of drug-likeness (QED) is 0.609. The van der Waals surface area contributed by atoms with Gasteiger partial charge >= 0.3 is 0 Å². The summed E-state index contributed by atoms with van der Waals surface area (Å²) >= 11 is 0. The Morgan fingerprint density at radius 1 is 1.55 bits per heavy atom. The fourth-order valence-electron chi connectivity index (χ4n) is 1.84. The first kappa shape index (κ1) is 15.6. The molecule has 0 fully saturated rings. The molecule has 0 saturated heterocycles. The number of hydrogen-bond donors (Lipinski definition) is 0. The summed E-state index contributed by atoms with van der Waals surface area (Å²) < 4.78 is 0. The minimum absolute atomic E-state index is 0.576. The van der Waals surface area contributed by atoms with Crippen molar-refractivity contribution in [2.45, 2.75) is 27.2 Å². The first-order valence-electron chi connectivity index (χ1n) is 6.47. The van der Waals surface area contributed by atoms with Crippen molar-refractivity contribution in [1.82, 2.24) is 9.88 Å². The van der Waals surface area contributed by atoms with Crippen LogP contribution in [0.2, 0.25) is 0 Å². The lowest BCUT2D eigenvalue weighted by Crippen LogP contribution is -2.12. The molecule has 1 aromatic rings. The Morgan fingerprint density at radius 3 is 2.75 bits per heavy atom. The predicted molar refractivity (Wildman–Crippen MR) is 79.5 cm³/mol. The van der Waals surface area contributed by atoms with Crippen LogP contribution in [0.3, 0.4) is 0 Å². The summed E-state index contributed by atoms with van der Waals surface area (Å²) in [6.07, 6.45) is 7.07. The van der Waals surface area contributed by atoms with Gasteiger partial charge in [-0.25, -0.2) is 0 Å². The van der Waals surface area contributed by atoms with Crippen LogP contribution in [0.25, 0.3) is 5.70 Å². The van der Waals surface area contributed by atoms with Crippen LogP contribution >= 0.6 is 0 Å². The van der Waals surface area contributed by atoms with E-state index in [1.165, 1.54) is 0 Å². The summed E-state index contributed by atoms with van der Waals surface area (Å²) in [6.45, 7) is 5.69. The molecule has 0 bridgehead atoms. The van der Waals surface area contributed by atoms with Gasteiger partial charge in [0.25, 0.3) is 0 Å². The minimum Gasteiger partial charge on any atom is -0.349 e. The van der Waals surface area contributed by atoms with Crippen LogP contribution in [-0.2, 0) is 4.79 Å². The molecule has 0 radical (unpaired) electrons. The van der Waals surface area contributed by atoms with Crippen LogP contribution in [0.5, 0.6) is 0 Å². The van der Waals surface area contributed by atoms with Crippen molar-refractivity contribution in [3.8, 4) is 6.07 Å². The van der Waals surface area contributed by atoms with Gasteiger partial charge in [-0.05, 0) is 31.9 Å². The van der Waals surface area contributed by atoms with Crippen molar-refractivity contribution in [3.63, 3.8) is 0 Å². The first-order chi connectivity index (χ1) is 9.53. The average molecular weight is 269 g/mol. The van der Waals surface area contributed by atoms with E-state index < -0.39 is 0 Å². The third-order valence-corrected chi connectivity index (χ3v) is 2.85. The number of hydrogen-bond acceptors (Lipinski definition) is 4. The number of carbonyl (C=O) groups excluding carboxylic acids is 1. The Kier molecular flexibility index (Phi) is 5.67. The number of aldehydes is 1. The Hall–Kier alpha value is -2.41. The maximum Gasteiger partial charge on any atom is 0.147 e. The van der Waals surface area contributed by atoms with Crippen molar-refractivity contribution < 1.29 is 4.79 Å². The number of carbonyl (C=O) groups is 1. The number of aryl methyl sites for hydroxylation is 1. The van der Waals surface area contributed by atoms with Gasteiger partial charge in [0.15, 0.2) is 0 Å². The van der Waals surface area contributed by atoms with E-state index in [0.717, 1.165) is 29.7 Å². The molecule has 20 heavy (non-hydrogen) atoms. The van der Waals surface area contributed by atoms with Crippen molar-refractivity contribution in [1.29, 1.82) is 5.26 Å². The zero-order chi connectivity index (χ0) is 15.1. The molecule has 1 aromatic heterocycles. The fourth-order valence-corrected chi connectivity index (χ4v) is 1.84. The normalized spacial score (nSPS) is 11.9. The summed E-state index contributed by atoms with van der Waals surface area (Å²) in [6, 6.07) is 4.00. The monoisotopic (exact) mass is 269 g/mol. The van der Waals surface area contributed by atoms with E-state index >= 15 is 0 Å². The highest BCUT2D eigenvalue weighted by Gasteiger charge is 2.09. The van der Waals surface area contributed by atoms with Gasteiger partial charge in [-0.2, -0.15) is 5.26 Å². The number of pyridine rings is 1. The van der Waals surface area contributed by atoms with Crippen LogP contribution in [0.15, 0.2) is 30.1 Å². The molecule has 0 amide bonds. The van der Waals surface area contributed by atoms with E-state index in [9.17, 15) is 4.79 Å². The van der Waals surface area contributed by atoms with Gasteiger partial charge in [0.1, 0.15) is 12.4 Å². The van der Waals surface area contributed by atoms with Crippen molar-refractivity contribution in [3.05, 3.63) is 46.9 Å². The second kappa shape index (κ2) is 7.25. The molecular formula is C16H19N3O. The third kappa shape index (κ3) is 3.79. The largest absolute Gasteiger partial charge is 0.349 e. The highest BCUT2D eigenvalue weighted by atomic mass is 16.1. The molecule has 104 valence electrons. The molecule has 1 heterocycles. The highest BCUT2D eigenvalue weighted by molar-refractivity contribution is 5.73. The van der Waals surface area contributed by atoms with Crippen LogP contribution < -0.4 is 0 Å². The van der Waals surface area contributed by atoms with E-state index in [0.29, 0.717) is 11.1 Å². The van der Waals surface area contributed by atoms with E-state index in [2.05, 4.69) is 11.1 Å². The summed E-state index contributed by atoms with van der Waals surface area (Å²) in [5, 5.41) is 8.95. The summed E-state index contributed by atoms with van der Waals surface area (Å²) in [4.78, 5) is 16.9. The fraction of sp³-hybridized carbons (Fsp3) is 0.312. The zero-order valence-electron chi connectivity index (χ0n) is 12.3.